The highest BCUT2D eigenvalue weighted by molar-refractivity contribution is 7.59. The van der Waals surface area contributed by atoms with E-state index in [1.807, 2.05) is 6.92 Å². The minimum atomic E-state index is -3.08. The average Bonchev–Trinajstić information content (AvgIpc) is 2.55. The maximum atomic E-state index is 13.2. The van der Waals surface area contributed by atoms with Crippen LogP contribution in [0.5, 0.6) is 0 Å². The van der Waals surface area contributed by atoms with E-state index in [1.54, 1.807) is 0 Å². The predicted octanol–water partition coefficient (Wildman–Crippen LogP) is 7.78. The zero-order valence-corrected chi connectivity index (χ0v) is 18.1. The van der Waals surface area contributed by atoms with Crippen LogP contribution in [0, 0.1) is 5.92 Å². The molecule has 0 saturated heterocycles. The summed E-state index contributed by atoms with van der Waals surface area (Å²) < 4.78 is 13.2. The third-order valence-corrected chi connectivity index (χ3v) is 8.94. The van der Waals surface area contributed by atoms with Gasteiger partial charge >= 0.3 is 0 Å². The predicted molar refractivity (Wildman–Crippen MR) is 109 cm³/mol. The average molecular weight is 361 g/mol. The van der Waals surface area contributed by atoms with Gasteiger partial charge in [0.2, 0.25) is 7.37 Å². The molecule has 0 saturated carbocycles. The van der Waals surface area contributed by atoms with E-state index < -0.39 is 7.37 Å². The van der Waals surface area contributed by atoms with Crippen molar-refractivity contribution < 1.29 is 9.46 Å². The molecule has 0 radical (unpaired) electrons. The fourth-order valence-corrected chi connectivity index (χ4v) is 6.33. The molecule has 0 heterocycles. The molecule has 3 heteroatoms. The van der Waals surface area contributed by atoms with Gasteiger partial charge in [0.05, 0.1) is 0 Å². The first kappa shape index (κ1) is 24.2. The molecule has 4 atom stereocenters. The van der Waals surface area contributed by atoms with Crippen LogP contribution in [-0.2, 0) is 4.57 Å². The van der Waals surface area contributed by atoms with Crippen molar-refractivity contribution in [3.05, 3.63) is 0 Å². The van der Waals surface area contributed by atoms with Crippen molar-refractivity contribution in [2.24, 2.45) is 5.92 Å². The van der Waals surface area contributed by atoms with E-state index in [2.05, 4.69) is 27.7 Å². The van der Waals surface area contributed by atoms with Crippen molar-refractivity contribution >= 4 is 7.37 Å². The van der Waals surface area contributed by atoms with Gasteiger partial charge in [-0.3, -0.25) is 4.57 Å². The molecule has 0 rings (SSSR count). The molecule has 0 aromatic heterocycles. The second kappa shape index (κ2) is 14.4. The molecule has 2 nitrogen and oxygen atoms in total. The van der Waals surface area contributed by atoms with Gasteiger partial charge in [0, 0.05) is 11.3 Å². The summed E-state index contributed by atoms with van der Waals surface area (Å²) in [5, 5.41) is 0. The summed E-state index contributed by atoms with van der Waals surface area (Å²) in [6, 6.07) is 0. The highest BCUT2D eigenvalue weighted by Crippen LogP contribution is 2.57. The van der Waals surface area contributed by atoms with E-state index in [-0.39, 0.29) is 11.3 Å². The van der Waals surface area contributed by atoms with Gasteiger partial charge in [-0.2, -0.15) is 0 Å². The van der Waals surface area contributed by atoms with E-state index in [4.69, 9.17) is 0 Å². The zero-order valence-electron chi connectivity index (χ0n) is 17.2. The molecule has 0 aliphatic heterocycles. The van der Waals surface area contributed by atoms with Crippen molar-refractivity contribution in [2.75, 3.05) is 0 Å². The first-order chi connectivity index (χ1) is 11.4. The van der Waals surface area contributed by atoms with Crippen molar-refractivity contribution in [3.8, 4) is 0 Å². The molecule has 1 N–H and O–H groups in total. The van der Waals surface area contributed by atoms with Crippen LogP contribution in [0.2, 0.25) is 0 Å². The van der Waals surface area contributed by atoms with Gasteiger partial charge in [-0.15, -0.1) is 0 Å². The molecule has 0 spiro atoms. The van der Waals surface area contributed by atoms with Crippen molar-refractivity contribution in [1.29, 1.82) is 0 Å². The molecule has 24 heavy (non-hydrogen) atoms. The Morgan fingerprint density at radius 2 is 1.21 bits per heavy atom. The Morgan fingerprint density at radius 3 is 1.75 bits per heavy atom. The molecule has 0 aliphatic carbocycles. The van der Waals surface area contributed by atoms with Crippen LogP contribution >= 0.6 is 7.37 Å². The Labute approximate surface area is 152 Å². The topological polar surface area (TPSA) is 37.3 Å². The summed E-state index contributed by atoms with van der Waals surface area (Å²) in [5.41, 5.74) is -0.0220. The van der Waals surface area contributed by atoms with Crippen LogP contribution in [0.25, 0.3) is 0 Å². The quantitative estimate of drug-likeness (QED) is 0.225. The fourth-order valence-electron chi connectivity index (χ4n) is 3.68. The van der Waals surface area contributed by atoms with Crippen LogP contribution in [-0.4, -0.2) is 16.2 Å². The zero-order chi connectivity index (χ0) is 18.4. The lowest BCUT2D eigenvalue weighted by Gasteiger charge is -2.31. The largest absolute Gasteiger partial charge is 0.344 e. The Morgan fingerprint density at radius 1 is 0.708 bits per heavy atom. The van der Waals surface area contributed by atoms with Gasteiger partial charge in [-0.05, 0) is 18.8 Å². The van der Waals surface area contributed by atoms with E-state index in [0.717, 1.165) is 44.9 Å². The number of unbranched alkanes of at least 4 members (excludes halogenated alkanes) is 7. The summed E-state index contributed by atoms with van der Waals surface area (Å²) in [6.07, 6.45) is 15.2. The van der Waals surface area contributed by atoms with Gasteiger partial charge in [-0.1, -0.05) is 105 Å². The summed E-state index contributed by atoms with van der Waals surface area (Å²) in [5.74, 6) is 0.351. The standard InChI is InChI=1S/C21H45O2P/c1-6-9-11-12-13-14-15-18-21(17-10-7-2)24(22,23)20(5)19(4)16-8-3/h19-21H,6-18H2,1-5H3,(H,22,23). The molecule has 0 amide bonds. The number of rotatable bonds is 16. The van der Waals surface area contributed by atoms with E-state index in [0.29, 0.717) is 5.92 Å². The second-order valence-corrected chi connectivity index (χ2v) is 10.8. The van der Waals surface area contributed by atoms with Crippen LogP contribution in [0.3, 0.4) is 0 Å². The molecule has 0 aliphatic rings. The Kier molecular flexibility index (Phi) is 14.5. The van der Waals surface area contributed by atoms with Crippen LogP contribution in [0.1, 0.15) is 118 Å². The van der Waals surface area contributed by atoms with E-state index in [9.17, 15) is 9.46 Å². The van der Waals surface area contributed by atoms with Gasteiger partial charge < -0.3 is 4.89 Å². The SMILES string of the molecule is CCCCCCCCCC(CCCC)P(=O)(O)C(C)C(C)CCC. The van der Waals surface area contributed by atoms with Gasteiger partial charge in [0.1, 0.15) is 0 Å². The molecule has 0 fully saturated rings. The smallest absolute Gasteiger partial charge is 0.206 e. The third kappa shape index (κ3) is 9.62. The Balaban J connectivity index is 4.48. The number of hydrogen-bond acceptors (Lipinski definition) is 1. The third-order valence-electron chi connectivity index (χ3n) is 5.71. The van der Waals surface area contributed by atoms with Gasteiger partial charge in [0.25, 0.3) is 0 Å². The van der Waals surface area contributed by atoms with Crippen molar-refractivity contribution in [3.63, 3.8) is 0 Å². The van der Waals surface area contributed by atoms with Crippen LogP contribution < -0.4 is 0 Å². The lowest BCUT2D eigenvalue weighted by Crippen LogP contribution is -2.22. The lowest BCUT2D eigenvalue weighted by molar-refractivity contribution is 0.399. The second-order valence-electron chi connectivity index (χ2n) is 7.89. The lowest BCUT2D eigenvalue weighted by atomic mass is 10.0. The molecular weight excluding hydrogens is 315 g/mol. The molecular formula is C21H45O2P. The summed E-state index contributed by atoms with van der Waals surface area (Å²) in [4.78, 5) is 10.9. The van der Waals surface area contributed by atoms with Crippen LogP contribution in [0.15, 0.2) is 0 Å². The normalized spacial score (nSPS) is 18.1. The van der Waals surface area contributed by atoms with Crippen LogP contribution in [0.4, 0.5) is 0 Å². The van der Waals surface area contributed by atoms with E-state index >= 15 is 0 Å². The number of hydrogen-bond donors (Lipinski definition) is 1. The van der Waals surface area contributed by atoms with Crippen molar-refractivity contribution in [1.82, 2.24) is 0 Å². The minimum Gasteiger partial charge on any atom is -0.344 e. The Hall–Kier alpha value is 0.190. The molecule has 0 bridgehead atoms. The highest BCUT2D eigenvalue weighted by atomic mass is 31.2. The monoisotopic (exact) mass is 360 g/mol. The Bertz CT molecular complexity index is 330. The van der Waals surface area contributed by atoms with Gasteiger partial charge in [0.15, 0.2) is 0 Å². The maximum Gasteiger partial charge on any atom is 0.206 e. The molecule has 0 aromatic rings. The van der Waals surface area contributed by atoms with Crippen molar-refractivity contribution in [2.45, 2.75) is 129 Å². The molecule has 4 unspecified atom stereocenters. The first-order valence-corrected chi connectivity index (χ1v) is 12.5. The first-order valence-electron chi connectivity index (χ1n) is 10.7. The van der Waals surface area contributed by atoms with Gasteiger partial charge in [-0.25, -0.2) is 0 Å². The summed E-state index contributed by atoms with van der Waals surface area (Å²) >= 11 is 0. The fraction of sp³-hybridized carbons (Fsp3) is 1.00. The summed E-state index contributed by atoms with van der Waals surface area (Å²) in [7, 11) is -3.08. The summed E-state index contributed by atoms with van der Waals surface area (Å²) in [6.45, 7) is 10.8. The highest BCUT2D eigenvalue weighted by Gasteiger charge is 2.37. The molecule has 0 aromatic carbocycles. The van der Waals surface area contributed by atoms with E-state index in [1.165, 1.54) is 38.5 Å². The minimum absolute atomic E-state index is 0.0300. The maximum absolute atomic E-state index is 13.2. The molecule has 146 valence electrons.